The van der Waals surface area contributed by atoms with Crippen LogP contribution in [0.3, 0.4) is 0 Å². The van der Waals surface area contributed by atoms with Crippen molar-refractivity contribution >= 4 is 5.91 Å². The van der Waals surface area contributed by atoms with Gasteiger partial charge < -0.3 is 15.1 Å². The Hall–Kier alpha value is -1.29. The van der Waals surface area contributed by atoms with Gasteiger partial charge in [-0.1, -0.05) is 0 Å². The van der Waals surface area contributed by atoms with Crippen LogP contribution in [0.4, 0.5) is 0 Å². The summed E-state index contributed by atoms with van der Waals surface area (Å²) >= 11 is 0. The summed E-state index contributed by atoms with van der Waals surface area (Å²) in [4.78, 5) is 13.7. The van der Waals surface area contributed by atoms with Crippen LogP contribution in [0.15, 0.2) is 16.7 Å². The molecule has 80 valence electrons. The smallest absolute Gasteiger partial charge is 0.223 e. The fourth-order valence-corrected chi connectivity index (χ4v) is 2.68. The molecule has 0 aromatic carbocycles. The fraction of sp³-hybridized carbons (Fsp3) is 0.545. The van der Waals surface area contributed by atoms with E-state index in [2.05, 4.69) is 0 Å². The van der Waals surface area contributed by atoms with E-state index in [0.29, 0.717) is 6.42 Å². The molecule has 0 saturated carbocycles. The summed E-state index contributed by atoms with van der Waals surface area (Å²) in [6.07, 6.45) is 3.88. The zero-order chi connectivity index (χ0) is 10.4. The highest BCUT2D eigenvalue weighted by molar-refractivity contribution is 5.78. The largest absolute Gasteiger partial charge is 0.469 e. The standard InChI is InChI=1S/C11H14N2O2/c12-8-1-2-10(14)13-5-3-9-7(11(8)13)4-6-15-9/h4,6,8,11H,1-3,5,12H2. The van der Waals surface area contributed by atoms with Gasteiger partial charge in [-0.15, -0.1) is 0 Å². The lowest BCUT2D eigenvalue weighted by atomic mass is 9.87. The zero-order valence-electron chi connectivity index (χ0n) is 8.48. The van der Waals surface area contributed by atoms with Crippen molar-refractivity contribution in [3.63, 3.8) is 0 Å². The summed E-state index contributed by atoms with van der Waals surface area (Å²) in [6.45, 7) is 0.748. The maximum absolute atomic E-state index is 11.7. The zero-order valence-corrected chi connectivity index (χ0v) is 8.48. The molecule has 2 atom stereocenters. The normalized spacial score (nSPS) is 29.9. The molecule has 4 nitrogen and oxygen atoms in total. The maximum Gasteiger partial charge on any atom is 0.223 e. The van der Waals surface area contributed by atoms with Crippen LogP contribution in [0.1, 0.15) is 30.2 Å². The quantitative estimate of drug-likeness (QED) is 0.684. The van der Waals surface area contributed by atoms with Crippen molar-refractivity contribution in [2.45, 2.75) is 31.3 Å². The van der Waals surface area contributed by atoms with Crippen molar-refractivity contribution in [1.82, 2.24) is 4.90 Å². The molecule has 1 amide bonds. The molecule has 4 heteroatoms. The van der Waals surface area contributed by atoms with E-state index in [-0.39, 0.29) is 18.0 Å². The summed E-state index contributed by atoms with van der Waals surface area (Å²) in [6, 6.07) is 2.05. The minimum Gasteiger partial charge on any atom is -0.469 e. The van der Waals surface area contributed by atoms with E-state index >= 15 is 0 Å². The Morgan fingerprint density at radius 1 is 1.47 bits per heavy atom. The van der Waals surface area contributed by atoms with Crippen molar-refractivity contribution in [2.75, 3.05) is 6.54 Å². The van der Waals surface area contributed by atoms with Crippen LogP contribution < -0.4 is 5.73 Å². The molecule has 2 aliphatic rings. The van der Waals surface area contributed by atoms with E-state index < -0.39 is 0 Å². The van der Waals surface area contributed by atoms with Gasteiger partial charge >= 0.3 is 0 Å². The number of hydrogen-bond acceptors (Lipinski definition) is 3. The van der Waals surface area contributed by atoms with Gasteiger partial charge in [-0.2, -0.15) is 0 Å². The van der Waals surface area contributed by atoms with E-state index in [9.17, 15) is 4.79 Å². The van der Waals surface area contributed by atoms with Crippen molar-refractivity contribution in [3.05, 3.63) is 23.7 Å². The first-order chi connectivity index (χ1) is 7.27. The highest BCUT2D eigenvalue weighted by atomic mass is 16.3. The van der Waals surface area contributed by atoms with Gasteiger partial charge in [0.1, 0.15) is 5.76 Å². The predicted octanol–water partition coefficient (Wildman–Crippen LogP) is 0.826. The van der Waals surface area contributed by atoms with E-state index in [0.717, 1.165) is 30.7 Å². The van der Waals surface area contributed by atoms with Gasteiger partial charge in [0.15, 0.2) is 0 Å². The molecule has 3 rings (SSSR count). The minimum absolute atomic E-state index is 0.0498. The van der Waals surface area contributed by atoms with Crippen LogP contribution in [-0.4, -0.2) is 23.4 Å². The highest BCUT2D eigenvalue weighted by Gasteiger charge is 2.39. The first kappa shape index (κ1) is 8.97. The molecular formula is C11H14N2O2. The average molecular weight is 206 g/mol. The fourth-order valence-electron chi connectivity index (χ4n) is 2.68. The SMILES string of the molecule is NC1CCC(=O)N2CCc3occc3C12. The maximum atomic E-state index is 11.7. The van der Waals surface area contributed by atoms with Crippen LogP contribution in [-0.2, 0) is 11.2 Å². The Bertz CT molecular complexity index is 399. The molecule has 2 aliphatic heterocycles. The number of nitrogens with zero attached hydrogens (tertiary/aromatic N) is 1. The van der Waals surface area contributed by atoms with Crippen molar-refractivity contribution in [1.29, 1.82) is 0 Å². The topological polar surface area (TPSA) is 59.5 Å². The predicted molar refractivity (Wildman–Crippen MR) is 54.1 cm³/mol. The third-order valence-electron chi connectivity index (χ3n) is 3.43. The molecule has 1 fully saturated rings. The number of hydrogen-bond donors (Lipinski definition) is 1. The van der Waals surface area contributed by atoms with Crippen LogP contribution in [0, 0.1) is 0 Å². The third kappa shape index (κ3) is 1.21. The van der Waals surface area contributed by atoms with E-state index in [1.807, 2.05) is 11.0 Å². The lowest BCUT2D eigenvalue weighted by molar-refractivity contribution is -0.137. The number of fused-ring (bicyclic) bond motifs is 3. The molecule has 0 aliphatic carbocycles. The Morgan fingerprint density at radius 2 is 2.33 bits per heavy atom. The van der Waals surface area contributed by atoms with Crippen LogP contribution in [0.2, 0.25) is 0 Å². The van der Waals surface area contributed by atoms with Gasteiger partial charge in [-0.3, -0.25) is 4.79 Å². The molecule has 15 heavy (non-hydrogen) atoms. The Morgan fingerprint density at radius 3 is 3.20 bits per heavy atom. The highest BCUT2D eigenvalue weighted by Crippen LogP contribution is 2.36. The van der Waals surface area contributed by atoms with Crippen LogP contribution in [0.5, 0.6) is 0 Å². The Labute approximate surface area is 88.0 Å². The molecule has 2 unspecified atom stereocenters. The van der Waals surface area contributed by atoms with E-state index in [4.69, 9.17) is 10.2 Å². The number of carbonyl (C=O) groups is 1. The van der Waals surface area contributed by atoms with Gasteiger partial charge in [0.25, 0.3) is 0 Å². The number of nitrogens with two attached hydrogens (primary N) is 1. The molecule has 1 aromatic heterocycles. The summed E-state index contributed by atoms with van der Waals surface area (Å²) in [5, 5.41) is 0. The first-order valence-electron chi connectivity index (χ1n) is 5.38. The van der Waals surface area contributed by atoms with Gasteiger partial charge in [-0.05, 0) is 12.5 Å². The molecule has 0 spiro atoms. The Kier molecular flexibility index (Phi) is 1.85. The molecule has 1 saturated heterocycles. The first-order valence-corrected chi connectivity index (χ1v) is 5.38. The average Bonchev–Trinajstić information content (AvgIpc) is 2.70. The van der Waals surface area contributed by atoms with Gasteiger partial charge in [0.2, 0.25) is 5.91 Å². The lowest BCUT2D eigenvalue weighted by Crippen LogP contribution is -2.51. The molecule has 1 aromatic rings. The Balaban J connectivity index is 2.04. The van der Waals surface area contributed by atoms with Gasteiger partial charge in [0, 0.05) is 31.0 Å². The van der Waals surface area contributed by atoms with E-state index in [1.165, 1.54) is 0 Å². The summed E-state index contributed by atoms with van der Waals surface area (Å²) < 4.78 is 5.39. The number of amides is 1. The lowest BCUT2D eigenvalue weighted by Gasteiger charge is -2.42. The van der Waals surface area contributed by atoms with Crippen molar-refractivity contribution in [2.24, 2.45) is 5.73 Å². The second-order valence-corrected chi connectivity index (χ2v) is 4.28. The molecule has 3 heterocycles. The van der Waals surface area contributed by atoms with Gasteiger partial charge in [0.05, 0.1) is 12.3 Å². The molecule has 0 radical (unpaired) electrons. The second-order valence-electron chi connectivity index (χ2n) is 4.28. The number of carbonyl (C=O) groups excluding carboxylic acids is 1. The van der Waals surface area contributed by atoms with Crippen LogP contribution in [0.25, 0.3) is 0 Å². The number of furan rings is 1. The van der Waals surface area contributed by atoms with E-state index in [1.54, 1.807) is 6.26 Å². The molecular weight excluding hydrogens is 192 g/mol. The number of rotatable bonds is 0. The van der Waals surface area contributed by atoms with Gasteiger partial charge in [-0.25, -0.2) is 0 Å². The van der Waals surface area contributed by atoms with Crippen molar-refractivity contribution in [3.8, 4) is 0 Å². The number of piperidine rings is 1. The summed E-state index contributed by atoms with van der Waals surface area (Å²) in [5.41, 5.74) is 7.20. The minimum atomic E-state index is 0.0498. The summed E-state index contributed by atoms with van der Waals surface area (Å²) in [5.74, 6) is 1.23. The molecule has 0 bridgehead atoms. The summed E-state index contributed by atoms with van der Waals surface area (Å²) in [7, 11) is 0. The second kappa shape index (κ2) is 3.10. The monoisotopic (exact) mass is 206 g/mol. The van der Waals surface area contributed by atoms with Crippen molar-refractivity contribution < 1.29 is 9.21 Å². The van der Waals surface area contributed by atoms with Crippen LogP contribution >= 0.6 is 0 Å². The third-order valence-corrected chi connectivity index (χ3v) is 3.43. The molecule has 2 N–H and O–H groups in total.